The first kappa shape index (κ1) is 12.1. The molecular formula is C13H18N6. The minimum Gasteiger partial charge on any atom is -0.338 e. The number of hydrogen-bond donors (Lipinski definition) is 2. The number of H-pyrrole nitrogens is 1. The summed E-state index contributed by atoms with van der Waals surface area (Å²) in [4.78, 5) is 10.7. The van der Waals surface area contributed by atoms with E-state index in [1.807, 2.05) is 12.1 Å². The average molecular weight is 258 g/mol. The summed E-state index contributed by atoms with van der Waals surface area (Å²) in [6.45, 7) is 1.83. The van der Waals surface area contributed by atoms with E-state index in [1.165, 1.54) is 5.56 Å². The summed E-state index contributed by atoms with van der Waals surface area (Å²) >= 11 is 0. The molecule has 6 heteroatoms. The molecule has 1 aliphatic heterocycles. The van der Waals surface area contributed by atoms with Crippen LogP contribution in [0.25, 0.3) is 0 Å². The average Bonchev–Trinajstić information content (AvgIpc) is 2.88. The van der Waals surface area contributed by atoms with Crippen molar-refractivity contribution < 1.29 is 0 Å². The van der Waals surface area contributed by atoms with Gasteiger partial charge in [-0.05, 0) is 30.5 Å². The lowest BCUT2D eigenvalue weighted by Gasteiger charge is -2.29. The summed E-state index contributed by atoms with van der Waals surface area (Å²) in [6.07, 6.45) is 6.52. The van der Waals surface area contributed by atoms with Crippen LogP contribution in [-0.2, 0) is 6.42 Å². The van der Waals surface area contributed by atoms with E-state index in [1.54, 1.807) is 12.4 Å². The van der Waals surface area contributed by atoms with Crippen molar-refractivity contribution in [3.05, 3.63) is 35.9 Å². The molecule has 1 atom stereocenters. The molecule has 1 unspecified atom stereocenters. The van der Waals surface area contributed by atoms with E-state index in [0.29, 0.717) is 0 Å². The molecule has 3 heterocycles. The van der Waals surface area contributed by atoms with E-state index in [0.717, 1.165) is 44.1 Å². The Hall–Kier alpha value is -1.95. The van der Waals surface area contributed by atoms with Gasteiger partial charge in [-0.1, -0.05) is 0 Å². The van der Waals surface area contributed by atoms with Crippen LogP contribution in [0.1, 0.15) is 24.2 Å². The van der Waals surface area contributed by atoms with E-state index in [-0.39, 0.29) is 6.04 Å². The summed E-state index contributed by atoms with van der Waals surface area (Å²) in [5.74, 6) is 1.64. The highest BCUT2D eigenvalue weighted by molar-refractivity contribution is 5.31. The van der Waals surface area contributed by atoms with Crippen LogP contribution in [0.15, 0.2) is 24.5 Å². The van der Waals surface area contributed by atoms with Gasteiger partial charge < -0.3 is 10.6 Å². The van der Waals surface area contributed by atoms with Gasteiger partial charge in [-0.25, -0.2) is 0 Å². The van der Waals surface area contributed by atoms with Gasteiger partial charge in [0.15, 0.2) is 0 Å². The van der Waals surface area contributed by atoms with E-state index >= 15 is 0 Å². The van der Waals surface area contributed by atoms with Gasteiger partial charge in [-0.15, -0.1) is 5.10 Å². The van der Waals surface area contributed by atoms with Crippen LogP contribution in [0.5, 0.6) is 0 Å². The van der Waals surface area contributed by atoms with Crippen LogP contribution >= 0.6 is 0 Å². The Bertz CT molecular complexity index is 523. The Balaban J connectivity index is 1.69. The molecule has 0 aromatic carbocycles. The standard InChI is InChI=1S/C13H18N6/c14-11-2-1-7-19(9-11)13-16-12(17-18-13)8-10-3-5-15-6-4-10/h3-6,11H,1-2,7-9,14H2,(H,16,17,18). The first-order valence-corrected chi connectivity index (χ1v) is 6.62. The quantitative estimate of drug-likeness (QED) is 0.847. The van der Waals surface area contributed by atoms with Crippen molar-refractivity contribution in [3.63, 3.8) is 0 Å². The van der Waals surface area contributed by atoms with Crippen LogP contribution in [0.2, 0.25) is 0 Å². The first-order valence-electron chi connectivity index (χ1n) is 6.62. The number of hydrogen-bond acceptors (Lipinski definition) is 5. The summed E-state index contributed by atoms with van der Waals surface area (Å²) in [5.41, 5.74) is 7.15. The molecule has 100 valence electrons. The minimum absolute atomic E-state index is 0.232. The maximum absolute atomic E-state index is 5.98. The lowest BCUT2D eigenvalue weighted by molar-refractivity contribution is 0.500. The number of anilines is 1. The van der Waals surface area contributed by atoms with Gasteiger partial charge in [-0.3, -0.25) is 10.1 Å². The van der Waals surface area contributed by atoms with Gasteiger partial charge in [0, 0.05) is 37.9 Å². The monoisotopic (exact) mass is 258 g/mol. The lowest BCUT2D eigenvalue weighted by atomic mass is 10.1. The molecule has 0 amide bonds. The zero-order valence-corrected chi connectivity index (χ0v) is 10.8. The van der Waals surface area contributed by atoms with Crippen molar-refractivity contribution >= 4 is 5.95 Å². The number of nitrogens with zero attached hydrogens (tertiary/aromatic N) is 4. The number of aromatic nitrogens is 4. The van der Waals surface area contributed by atoms with Crippen molar-refractivity contribution in [2.45, 2.75) is 25.3 Å². The largest absolute Gasteiger partial charge is 0.338 e. The van der Waals surface area contributed by atoms with Crippen LogP contribution in [0.4, 0.5) is 5.95 Å². The number of aromatic amines is 1. The molecule has 1 fully saturated rings. The van der Waals surface area contributed by atoms with Crippen molar-refractivity contribution in [1.29, 1.82) is 0 Å². The Morgan fingerprint density at radius 2 is 2.21 bits per heavy atom. The predicted octanol–water partition coefficient (Wildman–Crippen LogP) is 0.718. The highest BCUT2D eigenvalue weighted by atomic mass is 15.4. The van der Waals surface area contributed by atoms with Crippen molar-refractivity contribution in [1.82, 2.24) is 20.2 Å². The first-order chi connectivity index (χ1) is 9.31. The molecule has 3 rings (SSSR count). The molecule has 0 saturated carbocycles. The Morgan fingerprint density at radius 1 is 1.37 bits per heavy atom. The highest BCUT2D eigenvalue weighted by Gasteiger charge is 2.20. The number of nitrogens with one attached hydrogen (secondary N) is 1. The zero-order valence-electron chi connectivity index (χ0n) is 10.8. The topological polar surface area (TPSA) is 83.7 Å². The zero-order chi connectivity index (χ0) is 13.1. The molecule has 0 spiro atoms. The summed E-state index contributed by atoms with van der Waals surface area (Å²) in [7, 11) is 0. The van der Waals surface area contributed by atoms with Crippen LogP contribution in [-0.4, -0.2) is 39.3 Å². The fourth-order valence-electron chi connectivity index (χ4n) is 2.39. The third-order valence-electron chi connectivity index (χ3n) is 3.38. The van der Waals surface area contributed by atoms with Gasteiger partial charge in [0.25, 0.3) is 0 Å². The van der Waals surface area contributed by atoms with Gasteiger partial charge >= 0.3 is 0 Å². The number of nitrogens with two attached hydrogens (primary N) is 1. The smallest absolute Gasteiger partial charge is 0.244 e. The highest BCUT2D eigenvalue weighted by Crippen LogP contribution is 2.15. The predicted molar refractivity (Wildman–Crippen MR) is 72.8 cm³/mol. The lowest BCUT2D eigenvalue weighted by Crippen LogP contribution is -2.43. The van der Waals surface area contributed by atoms with Crippen LogP contribution in [0, 0.1) is 0 Å². The fraction of sp³-hybridized carbons (Fsp3) is 0.462. The molecule has 6 nitrogen and oxygen atoms in total. The van der Waals surface area contributed by atoms with Crippen molar-refractivity contribution in [3.8, 4) is 0 Å². The minimum atomic E-state index is 0.232. The number of piperidine rings is 1. The second-order valence-corrected chi connectivity index (χ2v) is 4.96. The second-order valence-electron chi connectivity index (χ2n) is 4.96. The van der Waals surface area contributed by atoms with E-state index in [2.05, 4.69) is 25.1 Å². The van der Waals surface area contributed by atoms with Gasteiger partial charge in [0.1, 0.15) is 5.82 Å². The molecule has 1 saturated heterocycles. The van der Waals surface area contributed by atoms with Crippen molar-refractivity contribution in [2.75, 3.05) is 18.0 Å². The summed E-state index contributed by atoms with van der Waals surface area (Å²) < 4.78 is 0. The maximum Gasteiger partial charge on any atom is 0.244 e. The maximum atomic E-state index is 5.98. The Labute approximate surface area is 112 Å². The second kappa shape index (κ2) is 5.36. The van der Waals surface area contributed by atoms with E-state index in [4.69, 9.17) is 5.73 Å². The van der Waals surface area contributed by atoms with Gasteiger partial charge in [0.2, 0.25) is 5.95 Å². The van der Waals surface area contributed by atoms with E-state index in [9.17, 15) is 0 Å². The summed E-state index contributed by atoms with van der Waals surface area (Å²) in [6, 6.07) is 4.20. The van der Waals surface area contributed by atoms with Gasteiger partial charge in [-0.2, -0.15) is 4.98 Å². The molecular weight excluding hydrogens is 240 g/mol. The number of pyridine rings is 1. The third kappa shape index (κ3) is 2.90. The van der Waals surface area contributed by atoms with Crippen LogP contribution < -0.4 is 10.6 Å². The Kier molecular flexibility index (Phi) is 3.41. The number of rotatable bonds is 3. The Morgan fingerprint density at radius 3 is 3.00 bits per heavy atom. The van der Waals surface area contributed by atoms with Crippen molar-refractivity contribution in [2.24, 2.45) is 5.73 Å². The van der Waals surface area contributed by atoms with E-state index < -0.39 is 0 Å². The molecule has 0 bridgehead atoms. The molecule has 0 radical (unpaired) electrons. The molecule has 3 N–H and O–H groups in total. The molecule has 2 aromatic rings. The molecule has 19 heavy (non-hydrogen) atoms. The molecule has 0 aliphatic carbocycles. The fourth-order valence-corrected chi connectivity index (χ4v) is 2.39. The van der Waals surface area contributed by atoms with Crippen LogP contribution in [0.3, 0.4) is 0 Å². The van der Waals surface area contributed by atoms with Gasteiger partial charge in [0.05, 0.1) is 0 Å². The summed E-state index contributed by atoms with van der Waals surface area (Å²) in [5, 5.41) is 7.29. The SMILES string of the molecule is NC1CCCN(c2n[nH]c(Cc3ccncc3)n2)C1. The normalized spacial score (nSPS) is 19.6. The third-order valence-corrected chi connectivity index (χ3v) is 3.38. The molecule has 2 aromatic heterocycles. The molecule has 1 aliphatic rings.